The minimum Gasteiger partial charge on any atom is -0.383 e. The van der Waals surface area contributed by atoms with Gasteiger partial charge in [0.05, 0.1) is 10.7 Å². The molecule has 0 heterocycles. The Hall–Kier alpha value is -1.22. The molecule has 0 spiro atoms. The van der Waals surface area contributed by atoms with Crippen LogP contribution in [0.25, 0.3) is 0 Å². The molecule has 0 saturated carbocycles. The molecular formula is C11H15ClN2O. The van der Waals surface area contributed by atoms with Crippen molar-refractivity contribution in [2.24, 2.45) is 5.73 Å². The van der Waals surface area contributed by atoms with Crippen molar-refractivity contribution in [1.82, 2.24) is 0 Å². The first-order chi connectivity index (χ1) is 7.00. The van der Waals surface area contributed by atoms with E-state index in [1.807, 2.05) is 26.0 Å². The number of rotatable bonds is 4. The highest BCUT2D eigenvalue weighted by molar-refractivity contribution is 6.33. The van der Waals surface area contributed by atoms with Crippen molar-refractivity contribution in [3.63, 3.8) is 0 Å². The average molecular weight is 227 g/mol. The molecule has 0 aliphatic carbocycles. The third-order valence-corrected chi connectivity index (χ3v) is 2.40. The molecule has 4 heteroatoms. The van der Waals surface area contributed by atoms with Crippen LogP contribution in [0.2, 0.25) is 5.02 Å². The number of hydrogen-bond acceptors (Lipinski definition) is 2. The number of primary amides is 1. The van der Waals surface area contributed by atoms with Gasteiger partial charge in [-0.15, -0.1) is 0 Å². The molecule has 82 valence electrons. The van der Waals surface area contributed by atoms with E-state index in [9.17, 15) is 4.79 Å². The fourth-order valence-electron chi connectivity index (χ4n) is 1.45. The van der Waals surface area contributed by atoms with Gasteiger partial charge < -0.3 is 11.1 Å². The lowest BCUT2D eigenvalue weighted by molar-refractivity contribution is -0.117. The number of carbonyl (C=O) groups excluding carboxylic acids is 1. The lowest BCUT2D eigenvalue weighted by Gasteiger charge is -2.11. The summed E-state index contributed by atoms with van der Waals surface area (Å²) in [4.78, 5) is 10.6. The Kier molecular flexibility index (Phi) is 3.97. The minimum absolute atomic E-state index is 0.309. The van der Waals surface area contributed by atoms with Gasteiger partial charge in [0, 0.05) is 13.0 Å². The molecule has 1 aromatic carbocycles. The summed E-state index contributed by atoms with van der Waals surface area (Å²) in [7, 11) is 0. The first kappa shape index (κ1) is 11.9. The van der Waals surface area contributed by atoms with Gasteiger partial charge in [-0.1, -0.05) is 17.7 Å². The second-order valence-corrected chi connectivity index (χ2v) is 3.99. The van der Waals surface area contributed by atoms with Crippen molar-refractivity contribution in [3.05, 3.63) is 28.3 Å². The van der Waals surface area contributed by atoms with Crippen LogP contribution in [0, 0.1) is 13.8 Å². The van der Waals surface area contributed by atoms with Crippen molar-refractivity contribution in [2.75, 3.05) is 11.9 Å². The Morgan fingerprint density at radius 2 is 2.13 bits per heavy atom. The Bertz CT molecular complexity index is 354. The summed E-state index contributed by atoms with van der Waals surface area (Å²) in [6, 6.07) is 3.93. The molecule has 0 saturated heterocycles. The van der Waals surface area contributed by atoms with E-state index in [0.29, 0.717) is 18.0 Å². The smallest absolute Gasteiger partial charge is 0.219 e. The number of nitrogens with one attached hydrogen (secondary N) is 1. The fraction of sp³-hybridized carbons (Fsp3) is 0.364. The van der Waals surface area contributed by atoms with E-state index in [1.54, 1.807) is 0 Å². The number of aryl methyl sites for hydroxylation is 2. The van der Waals surface area contributed by atoms with Crippen LogP contribution in [0.3, 0.4) is 0 Å². The third-order valence-electron chi connectivity index (χ3n) is 2.10. The van der Waals surface area contributed by atoms with Crippen LogP contribution in [-0.2, 0) is 4.79 Å². The summed E-state index contributed by atoms with van der Waals surface area (Å²) in [6.45, 7) is 4.48. The number of carbonyl (C=O) groups is 1. The monoisotopic (exact) mass is 226 g/mol. The van der Waals surface area contributed by atoms with Crippen LogP contribution in [-0.4, -0.2) is 12.5 Å². The highest BCUT2D eigenvalue weighted by Gasteiger charge is 2.04. The SMILES string of the molecule is Cc1cc(C)c(NCCC(N)=O)c(Cl)c1. The standard InChI is InChI=1S/C11H15ClN2O/c1-7-5-8(2)11(9(12)6-7)14-4-3-10(13)15/h5-6,14H,3-4H2,1-2H3,(H2,13,15). The van der Waals surface area contributed by atoms with Gasteiger partial charge in [0.15, 0.2) is 0 Å². The molecule has 3 nitrogen and oxygen atoms in total. The van der Waals surface area contributed by atoms with Crippen molar-refractivity contribution in [2.45, 2.75) is 20.3 Å². The lowest BCUT2D eigenvalue weighted by atomic mass is 10.1. The van der Waals surface area contributed by atoms with Gasteiger partial charge in [-0.05, 0) is 31.0 Å². The first-order valence-electron chi connectivity index (χ1n) is 4.79. The molecule has 1 rings (SSSR count). The summed E-state index contributed by atoms with van der Waals surface area (Å²) >= 11 is 6.07. The molecule has 0 aliphatic rings. The van der Waals surface area contributed by atoms with Crippen LogP contribution in [0.5, 0.6) is 0 Å². The largest absolute Gasteiger partial charge is 0.383 e. The molecule has 15 heavy (non-hydrogen) atoms. The van der Waals surface area contributed by atoms with E-state index < -0.39 is 0 Å². The molecule has 0 aliphatic heterocycles. The van der Waals surface area contributed by atoms with Crippen molar-refractivity contribution < 1.29 is 4.79 Å². The van der Waals surface area contributed by atoms with Crippen LogP contribution >= 0.6 is 11.6 Å². The molecule has 0 radical (unpaired) electrons. The van der Waals surface area contributed by atoms with Crippen molar-refractivity contribution >= 4 is 23.2 Å². The summed E-state index contributed by atoms with van der Waals surface area (Å²) in [5, 5.41) is 3.78. The molecule has 1 amide bonds. The number of anilines is 1. The fourth-order valence-corrected chi connectivity index (χ4v) is 1.84. The van der Waals surface area contributed by atoms with Gasteiger partial charge in [-0.25, -0.2) is 0 Å². The second-order valence-electron chi connectivity index (χ2n) is 3.58. The average Bonchev–Trinajstić information content (AvgIpc) is 2.08. The Morgan fingerprint density at radius 1 is 1.47 bits per heavy atom. The van der Waals surface area contributed by atoms with E-state index in [0.717, 1.165) is 16.8 Å². The quantitative estimate of drug-likeness (QED) is 0.828. The summed E-state index contributed by atoms with van der Waals surface area (Å²) in [5.74, 6) is -0.316. The molecule has 3 N–H and O–H groups in total. The van der Waals surface area contributed by atoms with Crippen LogP contribution in [0.4, 0.5) is 5.69 Å². The highest BCUT2D eigenvalue weighted by Crippen LogP contribution is 2.27. The Labute approximate surface area is 94.6 Å². The van der Waals surface area contributed by atoms with E-state index in [2.05, 4.69) is 5.32 Å². The van der Waals surface area contributed by atoms with Crippen LogP contribution in [0.1, 0.15) is 17.5 Å². The van der Waals surface area contributed by atoms with Crippen molar-refractivity contribution in [3.8, 4) is 0 Å². The topological polar surface area (TPSA) is 55.1 Å². The predicted octanol–water partition coefficient (Wildman–Crippen LogP) is 2.24. The van der Waals surface area contributed by atoms with E-state index in [1.165, 1.54) is 0 Å². The van der Waals surface area contributed by atoms with E-state index >= 15 is 0 Å². The minimum atomic E-state index is -0.316. The molecule has 0 unspecified atom stereocenters. The maximum Gasteiger partial charge on any atom is 0.219 e. The van der Waals surface area contributed by atoms with E-state index in [4.69, 9.17) is 17.3 Å². The number of amides is 1. The Morgan fingerprint density at radius 3 is 2.67 bits per heavy atom. The van der Waals surface area contributed by atoms with Gasteiger partial charge >= 0.3 is 0 Å². The van der Waals surface area contributed by atoms with Gasteiger partial charge in [-0.2, -0.15) is 0 Å². The molecular weight excluding hydrogens is 212 g/mol. The van der Waals surface area contributed by atoms with Gasteiger partial charge in [-0.3, -0.25) is 4.79 Å². The maximum atomic E-state index is 10.6. The number of nitrogens with two attached hydrogens (primary N) is 1. The third kappa shape index (κ3) is 3.44. The van der Waals surface area contributed by atoms with Crippen LogP contribution < -0.4 is 11.1 Å². The zero-order valence-corrected chi connectivity index (χ0v) is 9.69. The zero-order chi connectivity index (χ0) is 11.4. The normalized spacial score (nSPS) is 10.1. The predicted molar refractivity (Wildman–Crippen MR) is 63.2 cm³/mol. The van der Waals surface area contributed by atoms with E-state index in [-0.39, 0.29) is 5.91 Å². The van der Waals surface area contributed by atoms with Gasteiger partial charge in [0.2, 0.25) is 5.91 Å². The molecule has 0 fully saturated rings. The number of benzene rings is 1. The number of halogens is 1. The summed E-state index contributed by atoms with van der Waals surface area (Å²) in [6.07, 6.45) is 0.309. The molecule has 0 atom stereocenters. The molecule has 0 aromatic heterocycles. The highest BCUT2D eigenvalue weighted by atomic mass is 35.5. The number of hydrogen-bond donors (Lipinski definition) is 2. The second kappa shape index (κ2) is 5.03. The zero-order valence-electron chi connectivity index (χ0n) is 8.93. The lowest BCUT2D eigenvalue weighted by Crippen LogP contribution is -2.16. The maximum absolute atomic E-state index is 10.6. The first-order valence-corrected chi connectivity index (χ1v) is 5.17. The summed E-state index contributed by atoms with van der Waals surface area (Å²) < 4.78 is 0. The summed E-state index contributed by atoms with van der Waals surface area (Å²) in [5.41, 5.74) is 8.12. The van der Waals surface area contributed by atoms with Crippen molar-refractivity contribution in [1.29, 1.82) is 0 Å². The molecule has 1 aromatic rings. The van der Waals surface area contributed by atoms with Gasteiger partial charge in [0.1, 0.15) is 0 Å². The molecule has 0 bridgehead atoms. The Balaban J connectivity index is 2.72. The van der Waals surface area contributed by atoms with Gasteiger partial charge in [0.25, 0.3) is 0 Å². The van der Waals surface area contributed by atoms with Crippen LogP contribution in [0.15, 0.2) is 12.1 Å².